The van der Waals surface area contributed by atoms with Gasteiger partial charge in [-0.3, -0.25) is 15.0 Å². The van der Waals surface area contributed by atoms with E-state index in [9.17, 15) is 19.7 Å². The fourth-order valence-corrected chi connectivity index (χ4v) is 4.89. The fourth-order valence-electron chi connectivity index (χ4n) is 4.89. The molecule has 1 saturated carbocycles. The standard InChI is InChI=1S/C29H37N3O6/c1-27(2,3)20-8-7-9-21(17-20)29(14-15-29)31-18-24(37-26(31)34)23(30-25(33)38-28(4,5)6)16-19-10-12-22(13-11-19)32(35)36/h7-13,17,23-24H,14-16,18H2,1-6H3,(H,30,33). The van der Waals surface area contributed by atoms with Gasteiger partial charge in [0.1, 0.15) is 11.7 Å². The number of carbonyl (C=O) groups excluding carboxylic acids is 2. The lowest BCUT2D eigenvalue weighted by atomic mass is 9.85. The monoisotopic (exact) mass is 523 g/mol. The van der Waals surface area contributed by atoms with Crippen molar-refractivity contribution in [1.82, 2.24) is 10.2 Å². The number of alkyl carbamates (subject to hydrolysis) is 1. The summed E-state index contributed by atoms with van der Waals surface area (Å²) < 4.78 is 11.3. The average molecular weight is 524 g/mol. The Balaban J connectivity index is 1.57. The number of hydrogen-bond donors (Lipinski definition) is 1. The molecule has 1 aliphatic carbocycles. The normalized spacial score (nSPS) is 19.5. The summed E-state index contributed by atoms with van der Waals surface area (Å²) in [5.41, 5.74) is 1.91. The topological polar surface area (TPSA) is 111 Å². The summed E-state index contributed by atoms with van der Waals surface area (Å²) in [5, 5.41) is 13.9. The molecule has 2 fully saturated rings. The van der Waals surface area contributed by atoms with Gasteiger partial charge in [0, 0.05) is 12.1 Å². The second-order valence-electron chi connectivity index (χ2n) is 12.3. The van der Waals surface area contributed by atoms with E-state index >= 15 is 0 Å². The molecule has 204 valence electrons. The zero-order valence-electron chi connectivity index (χ0n) is 22.9. The molecule has 0 bridgehead atoms. The van der Waals surface area contributed by atoms with E-state index in [4.69, 9.17) is 9.47 Å². The number of carbonyl (C=O) groups is 2. The van der Waals surface area contributed by atoms with Crippen molar-refractivity contribution in [1.29, 1.82) is 0 Å². The van der Waals surface area contributed by atoms with E-state index in [0.717, 1.165) is 24.0 Å². The van der Waals surface area contributed by atoms with Crippen LogP contribution in [0.15, 0.2) is 48.5 Å². The molecule has 9 nitrogen and oxygen atoms in total. The molecule has 0 radical (unpaired) electrons. The van der Waals surface area contributed by atoms with Crippen LogP contribution in [0.4, 0.5) is 15.3 Å². The van der Waals surface area contributed by atoms with Gasteiger partial charge in [0.25, 0.3) is 5.69 Å². The first-order chi connectivity index (χ1) is 17.7. The van der Waals surface area contributed by atoms with Gasteiger partial charge in [0.15, 0.2) is 0 Å². The third kappa shape index (κ3) is 6.09. The quantitative estimate of drug-likeness (QED) is 0.361. The smallest absolute Gasteiger partial charge is 0.411 e. The molecule has 2 atom stereocenters. The minimum absolute atomic E-state index is 0.0166. The number of benzene rings is 2. The number of ether oxygens (including phenoxy) is 2. The Morgan fingerprint density at radius 1 is 1.16 bits per heavy atom. The first kappa shape index (κ1) is 27.4. The van der Waals surface area contributed by atoms with Crippen LogP contribution in [0.25, 0.3) is 0 Å². The summed E-state index contributed by atoms with van der Waals surface area (Å²) >= 11 is 0. The molecule has 9 heteroatoms. The van der Waals surface area contributed by atoms with Gasteiger partial charge in [-0.05, 0) is 62.1 Å². The highest BCUT2D eigenvalue weighted by atomic mass is 16.6. The lowest BCUT2D eigenvalue weighted by molar-refractivity contribution is -0.384. The molecule has 1 aliphatic heterocycles. The van der Waals surface area contributed by atoms with Crippen molar-refractivity contribution in [3.05, 3.63) is 75.3 Å². The van der Waals surface area contributed by atoms with Crippen LogP contribution in [0.1, 0.15) is 71.1 Å². The highest BCUT2D eigenvalue weighted by molar-refractivity contribution is 5.73. The first-order valence-corrected chi connectivity index (χ1v) is 13.0. The van der Waals surface area contributed by atoms with Crippen LogP contribution in [0.5, 0.6) is 0 Å². The molecule has 1 heterocycles. The number of nitrogens with zero attached hydrogens (tertiary/aromatic N) is 2. The summed E-state index contributed by atoms with van der Waals surface area (Å²) in [5.74, 6) is 0. The highest BCUT2D eigenvalue weighted by Crippen LogP contribution is 2.53. The zero-order valence-corrected chi connectivity index (χ0v) is 22.9. The number of hydrogen-bond acceptors (Lipinski definition) is 6. The second kappa shape index (κ2) is 9.93. The van der Waals surface area contributed by atoms with E-state index in [1.54, 1.807) is 37.8 Å². The Kier molecular flexibility index (Phi) is 7.16. The predicted octanol–water partition coefficient (Wildman–Crippen LogP) is 5.84. The van der Waals surface area contributed by atoms with Crippen LogP contribution in [0.2, 0.25) is 0 Å². The van der Waals surface area contributed by atoms with Crippen molar-refractivity contribution in [3.8, 4) is 0 Å². The largest absolute Gasteiger partial charge is 0.444 e. The number of non-ortho nitro benzene ring substituents is 1. The van der Waals surface area contributed by atoms with Crippen molar-refractivity contribution in [3.63, 3.8) is 0 Å². The van der Waals surface area contributed by atoms with Gasteiger partial charge >= 0.3 is 12.2 Å². The number of nitrogens with one attached hydrogen (secondary N) is 1. The molecular formula is C29H37N3O6. The van der Waals surface area contributed by atoms with Crippen molar-refractivity contribution in [2.45, 2.75) is 89.5 Å². The number of nitro groups is 1. The summed E-state index contributed by atoms with van der Waals surface area (Å²) in [4.78, 5) is 38.3. The van der Waals surface area contributed by atoms with Gasteiger partial charge in [0.2, 0.25) is 0 Å². The maximum atomic E-state index is 13.2. The molecule has 2 aliphatic rings. The third-order valence-electron chi connectivity index (χ3n) is 7.10. The Morgan fingerprint density at radius 3 is 2.37 bits per heavy atom. The summed E-state index contributed by atoms with van der Waals surface area (Å²) in [7, 11) is 0. The van der Waals surface area contributed by atoms with Gasteiger partial charge < -0.3 is 14.8 Å². The minimum atomic E-state index is -0.698. The number of rotatable bonds is 7. The van der Waals surface area contributed by atoms with Crippen LogP contribution >= 0.6 is 0 Å². The Morgan fingerprint density at radius 2 is 1.82 bits per heavy atom. The zero-order chi connectivity index (χ0) is 27.9. The average Bonchev–Trinajstić information content (AvgIpc) is 3.53. The molecule has 0 aromatic heterocycles. The van der Waals surface area contributed by atoms with E-state index in [1.807, 2.05) is 6.07 Å². The highest BCUT2D eigenvalue weighted by Gasteiger charge is 2.56. The molecule has 0 spiro atoms. The van der Waals surface area contributed by atoms with E-state index in [0.29, 0.717) is 13.0 Å². The van der Waals surface area contributed by atoms with Crippen molar-refractivity contribution < 1.29 is 24.0 Å². The SMILES string of the molecule is CC(C)(C)OC(=O)NC(Cc1ccc([N+](=O)[O-])cc1)C1CN(C2(c3cccc(C(C)(C)C)c3)CC2)C(=O)O1. The van der Waals surface area contributed by atoms with Crippen LogP contribution in [-0.2, 0) is 26.8 Å². The molecule has 2 unspecified atom stereocenters. The number of cyclic esters (lactones) is 1. The van der Waals surface area contributed by atoms with Crippen LogP contribution in [0, 0.1) is 10.1 Å². The van der Waals surface area contributed by atoms with Crippen LogP contribution in [0.3, 0.4) is 0 Å². The van der Waals surface area contributed by atoms with Crippen molar-refractivity contribution >= 4 is 17.9 Å². The summed E-state index contributed by atoms with van der Waals surface area (Å²) in [6.45, 7) is 12.1. The lowest BCUT2D eigenvalue weighted by Crippen LogP contribution is -2.48. The van der Waals surface area contributed by atoms with Crippen molar-refractivity contribution in [2.24, 2.45) is 0 Å². The predicted molar refractivity (Wildman–Crippen MR) is 143 cm³/mol. The van der Waals surface area contributed by atoms with Gasteiger partial charge in [-0.1, -0.05) is 57.2 Å². The fraction of sp³-hybridized carbons (Fsp3) is 0.517. The second-order valence-corrected chi connectivity index (χ2v) is 12.3. The number of nitro benzene ring substituents is 1. The van der Waals surface area contributed by atoms with E-state index in [2.05, 4.69) is 44.3 Å². The summed E-state index contributed by atoms with van der Waals surface area (Å²) in [6, 6.07) is 14.0. The van der Waals surface area contributed by atoms with Crippen molar-refractivity contribution in [2.75, 3.05) is 6.54 Å². The van der Waals surface area contributed by atoms with Gasteiger partial charge in [-0.15, -0.1) is 0 Å². The molecule has 2 amide bonds. The van der Waals surface area contributed by atoms with E-state index in [-0.39, 0.29) is 11.1 Å². The number of amides is 2. The summed E-state index contributed by atoms with van der Waals surface area (Å²) in [6.07, 6.45) is 0.360. The van der Waals surface area contributed by atoms with Crippen LogP contribution < -0.4 is 5.32 Å². The molecular weight excluding hydrogens is 486 g/mol. The van der Waals surface area contributed by atoms with Gasteiger partial charge in [0.05, 0.1) is 23.0 Å². The molecule has 4 rings (SSSR count). The Bertz CT molecular complexity index is 1210. The molecule has 2 aromatic carbocycles. The Hall–Kier alpha value is -3.62. The maximum Gasteiger partial charge on any atom is 0.411 e. The van der Waals surface area contributed by atoms with E-state index < -0.39 is 40.4 Å². The minimum Gasteiger partial charge on any atom is -0.444 e. The van der Waals surface area contributed by atoms with E-state index in [1.165, 1.54) is 17.7 Å². The maximum absolute atomic E-state index is 13.2. The molecule has 38 heavy (non-hydrogen) atoms. The molecule has 2 aromatic rings. The lowest BCUT2D eigenvalue weighted by Gasteiger charge is -2.29. The van der Waals surface area contributed by atoms with Crippen LogP contribution in [-0.4, -0.2) is 46.3 Å². The molecule has 1 saturated heterocycles. The molecule has 1 N–H and O–H groups in total. The first-order valence-electron chi connectivity index (χ1n) is 13.0. The van der Waals surface area contributed by atoms with Gasteiger partial charge in [-0.25, -0.2) is 9.59 Å². The Labute approximate surface area is 223 Å². The van der Waals surface area contributed by atoms with Gasteiger partial charge in [-0.2, -0.15) is 0 Å². The third-order valence-corrected chi connectivity index (χ3v) is 7.10.